The minimum atomic E-state index is -0.767. The van der Waals surface area contributed by atoms with Crippen LogP contribution in [0.3, 0.4) is 0 Å². The highest BCUT2D eigenvalue weighted by Gasteiger charge is 2.14. The van der Waals surface area contributed by atoms with E-state index in [0.717, 1.165) is 6.07 Å². The van der Waals surface area contributed by atoms with Gasteiger partial charge in [0, 0.05) is 5.56 Å². The lowest BCUT2D eigenvalue weighted by Gasteiger charge is -2.10. The average molecular weight is 289 g/mol. The Kier molecular flexibility index (Phi) is 4.00. The van der Waals surface area contributed by atoms with Crippen LogP contribution < -0.4 is 11.1 Å². The Hall–Kier alpha value is -1.43. The van der Waals surface area contributed by atoms with Gasteiger partial charge in [-0.15, -0.1) is 0 Å². The van der Waals surface area contributed by atoms with Crippen LogP contribution in [0, 0.1) is 5.82 Å². The number of halogens is 2. The monoisotopic (exact) mass is 288 g/mol. The standard InChI is InChI=1S/C10H10BrFN2O2/c1-5(9(13)15)14-10(16)6-2-3-8(12)7(11)4-6/h2-5H,1H3,(H2,13,15)(H,14,16)/t5-/m0/s1. The summed E-state index contributed by atoms with van der Waals surface area (Å²) in [5.41, 5.74) is 5.24. The van der Waals surface area contributed by atoms with Crippen LogP contribution in [0.15, 0.2) is 22.7 Å². The predicted molar refractivity (Wildman–Crippen MR) is 60.2 cm³/mol. The molecule has 1 aromatic carbocycles. The topological polar surface area (TPSA) is 72.2 Å². The molecule has 0 aliphatic rings. The second-order valence-corrected chi connectivity index (χ2v) is 4.08. The van der Waals surface area contributed by atoms with E-state index in [9.17, 15) is 14.0 Å². The molecule has 4 nitrogen and oxygen atoms in total. The summed E-state index contributed by atoms with van der Waals surface area (Å²) in [5.74, 6) is -1.57. The van der Waals surface area contributed by atoms with Crippen molar-refractivity contribution in [2.45, 2.75) is 13.0 Å². The number of amides is 2. The van der Waals surface area contributed by atoms with Gasteiger partial charge in [0.2, 0.25) is 5.91 Å². The van der Waals surface area contributed by atoms with Gasteiger partial charge in [-0.2, -0.15) is 0 Å². The minimum absolute atomic E-state index is 0.187. The van der Waals surface area contributed by atoms with Crippen LogP contribution >= 0.6 is 15.9 Å². The Labute approximate surface area is 100 Å². The second kappa shape index (κ2) is 5.07. The number of hydrogen-bond acceptors (Lipinski definition) is 2. The van der Waals surface area contributed by atoms with E-state index in [1.165, 1.54) is 19.1 Å². The van der Waals surface area contributed by atoms with E-state index in [-0.39, 0.29) is 10.0 Å². The Morgan fingerprint density at radius 3 is 2.62 bits per heavy atom. The maximum atomic E-state index is 12.9. The SMILES string of the molecule is C[C@H](NC(=O)c1ccc(F)c(Br)c1)C(N)=O. The van der Waals surface area contributed by atoms with Gasteiger partial charge in [0.05, 0.1) is 4.47 Å². The van der Waals surface area contributed by atoms with Gasteiger partial charge in [0.15, 0.2) is 0 Å². The molecule has 16 heavy (non-hydrogen) atoms. The van der Waals surface area contributed by atoms with Crippen LogP contribution in [0.5, 0.6) is 0 Å². The average Bonchev–Trinajstić information content (AvgIpc) is 2.21. The summed E-state index contributed by atoms with van der Waals surface area (Å²) >= 11 is 2.96. The lowest BCUT2D eigenvalue weighted by molar-refractivity contribution is -0.119. The quantitative estimate of drug-likeness (QED) is 0.877. The van der Waals surface area contributed by atoms with Crippen molar-refractivity contribution in [3.05, 3.63) is 34.1 Å². The van der Waals surface area contributed by atoms with Gasteiger partial charge in [-0.25, -0.2) is 4.39 Å². The minimum Gasteiger partial charge on any atom is -0.368 e. The smallest absolute Gasteiger partial charge is 0.251 e. The Morgan fingerprint density at radius 1 is 1.50 bits per heavy atom. The number of benzene rings is 1. The molecule has 0 aromatic heterocycles. The zero-order valence-electron chi connectivity index (χ0n) is 8.46. The zero-order chi connectivity index (χ0) is 12.3. The maximum Gasteiger partial charge on any atom is 0.251 e. The molecule has 86 valence electrons. The fourth-order valence-electron chi connectivity index (χ4n) is 0.988. The maximum absolute atomic E-state index is 12.9. The Morgan fingerprint density at radius 2 is 2.12 bits per heavy atom. The van der Waals surface area contributed by atoms with E-state index in [1.807, 2.05) is 0 Å². The first-order valence-corrected chi connectivity index (χ1v) is 5.26. The van der Waals surface area contributed by atoms with E-state index < -0.39 is 23.7 Å². The van der Waals surface area contributed by atoms with Gasteiger partial charge >= 0.3 is 0 Å². The van der Waals surface area contributed by atoms with Crippen molar-refractivity contribution in [2.24, 2.45) is 5.73 Å². The number of rotatable bonds is 3. The summed E-state index contributed by atoms with van der Waals surface area (Å²) in [7, 11) is 0. The van der Waals surface area contributed by atoms with Crippen LogP contribution in [0.2, 0.25) is 0 Å². The van der Waals surface area contributed by atoms with Gasteiger partial charge in [-0.05, 0) is 41.1 Å². The van der Waals surface area contributed by atoms with E-state index in [4.69, 9.17) is 5.73 Å². The van der Waals surface area contributed by atoms with Crippen LogP contribution in [0.4, 0.5) is 4.39 Å². The van der Waals surface area contributed by atoms with E-state index in [0.29, 0.717) is 0 Å². The fraction of sp³-hybridized carbons (Fsp3) is 0.200. The van der Waals surface area contributed by atoms with Gasteiger partial charge < -0.3 is 11.1 Å². The van der Waals surface area contributed by atoms with Crippen molar-refractivity contribution in [2.75, 3.05) is 0 Å². The van der Waals surface area contributed by atoms with Gasteiger partial charge in [-0.3, -0.25) is 9.59 Å². The molecule has 0 spiro atoms. The molecule has 0 aliphatic heterocycles. The van der Waals surface area contributed by atoms with Crippen molar-refractivity contribution in [3.8, 4) is 0 Å². The van der Waals surface area contributed by atoms with Crippen LogP contribution in [-0.2, 0) is 4.79 Å². The van der Waals surface area contributed by atoms with Crippen molar-refractivity contribution >= 4 is 27.7 Å². The first-order valence-electron chi connectivity index (χ1n) is 4.47. The third-order valence-corrected chi connectivity index (χ3v) is 2.56. The van der Waals surface area contributed by atoms with Crippen molar-refractivity contribution in [1.29, 1.82) is 0 Å². The van der Waals surface area contributed by atoms with Crippen molar-refractivity contribution in [3.63, 3.8) is 0 Å². The molecule has 1 atom stereocenters. The lowest BCUT2D eigenvalue weighted by atomic mass is 10.2. The molecule has 0 heterocycles. The molecule has 3 N–H and O–H groups in total. The molecule has 0 radical (unpaired) electrons. The molecule has 1 aromatic rings. The largest absolute Gasteiger partial charge is 0.368 e. The van der Waals surface area contributed by atoms with Crippen molar-refractivity contribution in [1.82, 2.24) is 5.32 Å². The third-order valence-electron chi connectivity index (χ3n) is 1.96. The highest BCUT2D eigenvalue weighted by molar-refractivity contribution is 9.10. The van der Waals surface area contributed by atoms with E-state index >= 15 is 0 Å². The summed E-state index contributed by atoms with van der Waals surface area (Å²) in [5, 5.41) is 2.39. The Balaban J connectivity index is 2.81. The summed E-state index contributed by atoms with van der Waals surface area (Å²) in [6.45, 7) is 1.47. The zero-order valence-corrected chi connectivity index (χ0v) is 10.0. The lowest BCUT2D eigenvalue weighted by Crippen LogP contribution is -2.42. The summed E-state index contributed by atoms with van der Waals surface area (Å²) < 4.78 is 13.1. The van der Waals surface area contributed by atoms with Gasteiger partial charge in [0.1, 0.15) is 11.9 Å². The first kappa shape index (κ1) is 12.6. The molecular weight excluding hydrogens is 279 g/mol. The third kappa shape index (κ3) is 3.03. The number of primary amides is 1. The normalized spacial score (nSPS) is 11.9. The fourth-order valence-corrected chi connectivity index (χ4v) is 1.37. The van der Waals surface area contributed by atoms with Crippen LogP contribution in [0.25, 0.3) is 0 Å². The molecule has 0 saturated carbocycles. The molecular formula is C10H10BrFN2O2. The summed E-state index contributed by atoms with van der Waals surface area (Å²) in [6, 6.07) is 3.05. The molecule has 0 fully saturated rings. The summed E-state index contributed by atoms with van der Waals surface area (Å²) in [4.78, 5) is 22.3. The van der Waals surface area contributed by atoms with Crippen LogP contribution in [0.1, 0.15) is 17.3 Å². The molecule has 0 saturated heterocycles. The number of carbonyl (C=O) groups is 2. The van der Waals surface area contributed by atoms with E-state index in [1.54, 1.807) is 0 Å². The van der Waals surface area contributed by atoms with Gasteiger partial charge in [0.25, 0.3) is 5.91 Å². The molecule has 0 aliphatic carbocycles. The number of hydrogen-bond donors (Lipinski definition) is 2. The number of nitrogens with two attached hydrogens (primary N) is 1. The Bertz CT molecular complexity index is 437. The highest BCUT2D eigenvalue weighted by atomic mass is 79.9. The summed E-state index contributed by atoms with van der Waals surface area (Å²) in [6.07, 6.45) is 0. The molecule has 0 bridgehead atoms. The molecule has 0 unspecified atom stereocenters. The predicted octanol–water partition coefficient (Wildman–Crippen LogP) is 1.19. The number of nitrogens with one attached hydrogen (secondary N) is 1. The van der Waals surface area contributed by atoms with E-state index in [2.05, 4.69) is 21.2 Å². The number of carbonyl (C=O) groups excluding carboxylic acids is 2. The molecule has 2 amide bonds. The van der Waals surface area contributed by atoms with Crippen LogP contribution in [-0.4, -0.2) is 17.9 Å². The van der Waals surface area contributed by atoms with Crippen molar-refractivity contribution < 1.29 is 14.0 Å². The first-order chi connectivity index (χ1) is 7.41. The molecule has 1 rings (SSSR count). The van der Waals surface area contributed by atoms with Gasteiger partial charge in [-0.1, -0.05) is 0 Å². The highest BCUT2D eigenvalue weighted by Crippen LogP contribution is 2.16. The second-order valence-electron chi connectivity index (χ2n) is 3.23. The molecule has 6 heteroatoms.